The Balaban J connectivity index is 1.39. The molecule has 0 saturated heterocycles. The van der Waals surface area contributed by atoms with Gasteiger partial charge in [0.25, 0.3) is 0 Å². The zero-order valence-corrected chi connectivity index (χ0v) is 17.1. The van der Waals surface area contributed by atoms with E-state index in [1.54, 1.807) is 0 Å². The van der Waals surface area contributed by atoms with E-state index in [9.17, 15) is 9.59 Å². The predicted octanol–water partition coefficient (Wildman–Crippen LogP) is 4.77. The van der Waals surface area contributed by atoms with E-state index in [-0.39, 0.29) is 23.7 Å². The summed E-state index contributed by atoms with van der Waals surface area (Å²) in [5, 5.41) is 6.33. The second-order valence-electron chi connectivity index (χ2n) is 7.57. The van der Waals surface area contributed by atoms with Crippen molar-refractivity contribution in [3.63, 3.8) is 0 Å². The number of hydrogen-bond donors (Lipinski definition) is 2. The van der Waals surface area contributed by atoms with Gasteiger partial charge >= 0.3 is 0 Å². The zero-order valence-electron chi connectivity index (χ0n) is 15.5. The number of carbonyl (C=O) groups excluding carboxylic acids is 2. The lowest BCUT2D eigenvalue weighted by molar-refractivity contribution is -0.124. The molecule has 1 fully saturated rings. The van der Waals surface area contributed by atoms with Crippen LogP contribution in [0, 0.1) is 0 Å². The molecular formula is C22H23ClN2O2S. The molecule has 2 aliphatic rings. The summed E-state index contributed by atoms with van der Waals surface area (Å²) in [4.78, 5) is 26.0. The molecular weight excluding hydrogens is 392 g/mol. The summed E-state index contributed by atoms with van der Waals surface area (Å²) in [6.45, 7) is 0.600. The molecule has 2 aromatic carbocycles. The molecule has 0 aromatic heterocycles. The van der Waals surface area contributed by atoms with Gasteiger partial charge in [0.2, 0.25) is 11.8 Å². The summed E-state index contributed by atoms with van der Waals surface area (Å²) in [6, 6.07) is 15.7. The average molecular weight is 415 g/mol. The highest BCUT2D eigenvalue weighted by atomic mass is 35.5. The zero-order chi connectivity index (χ0) is 19.6. The van der Waals surface area contributed by atoms with Gasteiger partial charge in [-0.15, -0.1) is 11.8 Å². The second kappa shape index (κ2) is 8.18. The Morgan fingerprint density at radius 3 is 2.61 bits per heavy atom. The van der Waals surface area contributed by atoms with Gasteiger partial charge in [0.1, 0.15) is 0 Å². The van der Waals surface area contributed by atoms with Gasteiger partial charge in [-0.05, 0) is 42.7 Å². The number of carbonyl (C=O) groups is 2. The van der Waals surface area contributed by atoms with Crippen LogP contribution in [0.25, 0.3) is 0 Å². The Morgan fingerprint density at radius 2 is 1.86 bits per heavy atom. The maximum Gasteiger partial charge on any atom is 0.238 e. The number of para-hydroxylation sites is 1. The van der Waals surface area contributed by atoms with Crippen LogP contribution in [0.2, 0.25) is 5.02 Å². The first kappa shape index (κ1) is 19.3. The lowest BCUT2D eigenvalue weighted by Crippen LogP contribution is -2.41. The molecule has 2 amide bonds. The van der Waals surface area contributed by atoms with Crippen molar-refractivity contribution in [3.8, 4) is 0 Å². The van der Waals surface area contributed by atoms with Crippen LogP contribution >= 0.6 is 23.4 Å². The van der Waals surface area contributed by atoms with Crippen LogP contribution in [0.3, 0.4) is 0 Å². The summed E-state index contributed by atoms with van der Waals surface area (Å²) in [5.41, 5.74) is 2.02. The van der Waals surface area contributed by atoms with Crippen molar-refractivity contribution in [2.75, 3.05) is 11.9 Å². The molecule has 1 heterocycles. The molecule has 0 spiro atoms. The SMILES string of the molecule is O=C(CC1Sc2ccccc2NC1=O)NCC1(c2ccc(Cl)cc2)CCCC1. The number of benzene rings is 2. The molecule has 1 unspecified atom stereocenters. The van der Waals surface area contributed by atoms with Gasteiger partial charge in [-0.3, -0.25) is 9.59 Å². The van der Waals surface area contributed by atoms with Crippen LogP contribution in [0.15, 0.2) is 53.4 Å². The molecule has 6 heteroatoms. The van der Waals surface area contributed by atoms with E-state index in [0.717, 1.165) is 41.3 Å². The molecule has 1 saturated carbocycles. The van der Waals surface area contributed by atoms with Crippen molar-refractivity contribution < 1.29 is 9.59 Å². The van der Waals surface area contributed by atoms with Gasteiger partial charge in [0.15, 0.2) is 0 Å². The molecule has 0 bridgehead atoms. The molecule has 4 nitrogen and oxygen atoms in total. The number of halogens is 1. The first-order valence-corrected chi connectivity index (χ1v) is 10.9. The van der Waals surface area contributed by atoms with Crippen LogP contribution in [-0.2, 0) is 15.0 Å². The highest BCUT2D eigenvalue weighted by Crippen LogP contribution is 2.41. The average Bonchev–Trinajstić information content (AvgIpc) is 3.18. The van der Waals surface area contributed by atoms with Gasteiger partial charge in [-0.1, -0.05) is 48.7 Å². The summed E-state index contributed by atoms with van der Waals surface area (Å²) in [7, 11) is 0. The highest BCUT2D eigenvalue weighted by Gasteiger charge is 2.36. The molecule has 2 aromatic rings. The van der Waals surface area contributed by atoms with E-state index in [1.807, 2.05) is 36.4 Å². The van der Waals surface area contributed by atoms with Crippen molar-refractivity contribution in [2.24, 2.45) is 0 Å². The molecule has 4 rings (SSSR count). The molecule has 0 radical (unpaired) electrons. The van der Waals surface area contributed by atoms with Crippen LogP contribution < -0.4 is 10.6 Å². The molecule has 28 heavy (non-hydrogen) atoms. The second-order valence-corrected chi connectivity index (χ2v) is 9.25. The van der Waals surface area contributed by atoms with Crippen molar-refractivity contribution in [1.82, 2.24) is 5.32 Å². The molecule has 146 valence electrons. The Labute approximate surface area is 174 Å². The van der Waals surface area contributed by atoms with E-state index in [4.69, 9.17) is 11.6 Å². The Morgan fingerprint density at radius 1 is 1.14 bits per heavy atom. The van der Waals surface area contributed by atoms with Crippen molar-refractivity contribution in [2.45, 2.75) is 47.7 Å². The molecule has 2 N–H and O–H groups in total. The lowest BCUT2D eigenvalue weighted by Gasteiger charge is -2.30. The quantitative estimate of drug-likeness (QED) is 0.740. The van der Waals surface area contributed by atoms with Crippen LogP contribution in [-0.4, -0.2) is 23.6 Å². The van der Waals surface area contributed by atoms with E-state index in [2.05, 4.69) is 22.8 Å². The number of fused-ring (bicyclic) bond motifs is 1. The van der Waals surface area contributed by atoms with Crippen LogP contribution in [0.5, 0.6) is 0 Å². The lowest BCUT2D eigenvalue weighted by atomic mass is 9.79. The third-order valence-electron chi connectivity index (χ3n) is 5.72. The van der Waals surface area contributed by atoms with Gasteiger partial charge in [0, 0.05) is 28.3 Å². The highest BCUT2D eigenvalue weighted by molar-refractivity contribution is 8.01. The van der Waals surface area contributed by atoms with E-state index < -0.39 is 5.25 Å². The normalized spacial score (nSPS) is 20.3. The summed E-state index contributed by atoms with van der Waals surface area (Å²) in [5.74, 6) is -0.181. The van der Waals surface area contributed by atoms with Crippen molar-refractivity contribution >= 4 is 40.9 Å². The van der Waals surface area contributed by atoms with Crippen LogP contribution in [0.4, 0.5) is 5.69 Å². The number of amides is 2. The summed E-state index contributed by atoms with van der Waals surface area (Å²) in [6.07, 6.45) is 4.62. The minimum Gasteiger partial charge on any atom is -0.355 e. The van der Waals surface area contributed by atoms with Crippen molar-refractivity contribution in [3.05, 3.63) is 59.1 Å². The third-order valence-corrected chi connectivity index (χ3v) is 7.25. The van der Waals surface area contributed by atoms with E-state index in [1.165, 1.54) is 17.3 Å². The monoisotopic (exact) mass is 414 g/mol. The molecule has 1 aliphatic heterocycles. The van der Waals surface area contributed by atoms with Crippen LogP contribution in [0.1, 0.15) is 37.7 Å². The fourth-order valence-electron chi connectivity index (χ4n) is 4.16. The number of hydrogen-bond acceptors (Lipinski definition) is 3. The Hall–Kier alpha value is -1.98. The number of anilines is 1. The summed E-state index contributed by atoms with van der Waals surface area (Å²) < 4.78 is 0. The first-order valence-electron chi connectivity index (χ1n) is 9.65. The number of thioether (sulfide) groups is 1. The third kappa shape index (κ3) is 4.06. The maximum absolute atomic E-state index is 12.6. The number of rotatable bonds is 5. The topological polar surface area (TPSA) is 58.2 Å². The van der Waals surface area contributed by atoms with Gasteiger partial charge < -0.3 is 10.6 Å². The Kier molecular flexibility index (Phi) is 5.65. The molecule has 1 aliphatic carbocycles. The maximum atomic E-state index is 12.6. The van der Waals surface area contributed by atoms with Gasteiger partial charge in [-0.25, -0.2) is 0 Å². The van der Waals surface area contributed by atoms with Gasteiger partial charge in [-0.2, -0.15) is 0 Å². The smallest absolute Gasteiger partial charge is 0.238 e. The summed E-state index contributed by atoms with van der Waals surface area (Å²) >= 11 is 7.50. The standard InChI is InChI=1S/C22H23ClN2O2S/c23-16-9-7-15(8-10-16)22(11-3-4-12-22)14-24-20(26)13-19-21(27)25-17-5-1-2-6-18(17)28-19/h1-2,5-10,19H,3-4,11-14H2,(H,24,26)(H,25,27). The van der Waals surface area contributed by atoms with E-state index >= 15 is 0 Å². The van der Waals surface area contributed by atoms with Crippen molar-refractivity contribution in [1.29, 1.82) is 0 Å². The minimum absolute atomic E-state index is 0.0329. The van der Waals surface area contributed by atoms with Gasteiger partial charge in [0.05, 0.1) is 10.9 Å². The molecule has 1 atom stereocenters. The largest absolute Gasteiger partial charge is 0.355 e. The predicted molar refractivity (Wildman–Crippen MR) is 114 cm³/mol. The fraction of sp³-hybridized carbons (Fsp3) is 0.364. The number of nitrogens with one attached hydrogen (secondary N) is 2. The first-order chi connectivity index (χ1) is 13.6. The van der Waals surface area contributed by atoms with E-state index in [0.29, 0.717) is 6.54 Å². The fourth-order valence-corrected chi connectivity index (χ4v) is 5.39. The minimum atomic E-state index is -0.398. The Bertz CT molecular complexity index is 878.